The van der Waals surface area contributed by atoms with E-state index in [1.54, 1.807) is 13.2 Å². The van der Waals surface area contributed by atoms with Crippen molar-refractivity contribution < 1.29 is 13.9 Å². The van der Waals surface area contributed by atoms with Crippen LogP contribution in [0.3, 0.4) is 0 Å². The number of fused-ring (bicyclic) bond motifs is 2. The highest BCUT2D eigenvalue weighted by molar-refractivity contribution is 5.89. The first-order valence-electron chi connectivity index (χ1n) is 11.8. The molecule has 6 rings (SSSR count). The maximum atomic E-state index is 9.00. The number of anilines is 1. The van der Waals surface area contributed by atoms with E-state index < -0.39 is 0 Å². The molecule has 0 amide bonds. The van der Waals surface area contributed by atoms with Gasteiger partial charge in [0.15, 0.2) is 17.3 Å². The third-order valence-corrected chi connectivity index (χ3v) is 6.53. The van der Waals surface area contributed by atoms with Crippen molar-refractivity contribution in [1.82, 2.24) is 19.6 Å². The number of ether oxygens (including phenoxy) is 2. The minimum absolute atomic E-state index is 0.140. The van der Waals surface area contributed by atoms with Gasteiger partial charge in [-0.2, -0.15) is 5.26 Å². The van der Waals surface area contributed by atoms with Crippen LogP contribution in [0.5, 0.6) is 11.5 Å². The molecular weight excluding hydrogens is 456 g/mol. The highest BCUT2D eigenvalue weighted by Gasteiger charge is 2.27. The number of aryl methyl sites for hydroxylation is 1. The van der Waals surface area contributed by atoms with E-state index in [0.717, 1.165) is 47.5 Å². The SMILES string of the molecule is COc1cc(OC[C@@H]2CCCN2c2ccc(C#N)nn2)c2cc(-c3cn4cc(C)ccc4n3)oc2c1. The molecule has 9 heteroatoms. The zero-order valence-corrected chi connectivity index (χ0v) is 20.0. The van der Waals surface area contributed by atoms with Gasteiger partial charge in [-0.1, -0.05) is 6.07 Å². The van der Waals surface area contributed by atoms with Crippen LogP contribution < -0.4 is 14.4 Å². The van der Waals surface area contributed by atoms with Gasteiger partial charge >= 0.3 is 0 Å². The summed E-state index contributed by atoms with van der Waals surface area (Å²) in [6.07, 6.45) is 6.02. The number of methoxy groups -OCH3 is 1. The Kier molecular flexibility index (Phi) is 5.41. The van der Waals surface area contributed by atoms with Gasteiger partial charge in [-0.25, -0.2) is 4.98 Å². The Hall–Kier alpha value is -4.58. The fourth-order valence-electron chi connectivity index (χ4n) is 4.70. The predicted octanol–water partition coefficient (Wildman–Crippen LogP) is 4.77. The average molecular weight is 481 g/mol. The van der Waals surface area contributed by atoms with Crippen molar-refractivity contribution in [3.05, 3.63) is 66.1 Å². The van der Waals surface area contributed by atoms with Gasteiger partial charge in [0.25, 0.3) is 0 Å². The van der Waals surface area contributed by atoms with E-state index in [1.165, 1.54) is 0 Å². The lowest BCUT2D eigenvalue weighted by Gasteiger charge is -2.25. The number of nitrogens with zero attached hydrogens (tertiary/aromatic N) is 6. The Morgan fingerprint density at radius 3 is 2.86 bits per heavy atom. The van der Waals surface area contributed by atoms with Gasteiger partial charge in [0.2, 0.25) is 0 Å². The molecule has 4 aromatic heterocycles. The van der Waals surface area contributed by atoms with E-state index in [2.05, 4.69) is 22.0 Å². The van der Waals surface area contributed by atoms with Gasteiger partial charge in [-0.05, 0) is 49.6 Å². The third kappa shape index (κ3) is 3.96. The number of imidazole rings is 1. The summed E-state index contributed by atoms with van der Waals surface area (Å²) < 4.78 is 20.1. The summed E-state index contributed by atoms with van der Waals surface area (Å²) >= 11 is 0. The monoisotopic (exact) mass is 480 g/mol. The number of hydrogen-bond acceptors (Lipinski definition) is 8. The van der Waals surface area contributed by atoms with E-state index in [4.69, 9.17) is 24.1 Å². The normalized spacial score (nSPS) is 15.5. The highest BCUT2D eigenvalue weighted by Crippen LogP contribution is 2.37. The molecule has 0 saturated carbocycles. The number of pyridine rings is 1. The average Bonchev–Trinajstić information content (AvgIpc) is 3.64. The first-order valence-corrected chi connectivity index (χ1v) is 11.8. The maximum absolute atomic E-state index is 9.00. The molecule has 1 aliphatic heterocycles. The Bertz CT molecular complexity index is 1600. The van der Waals surface area contributed by atoms with Gasteiger partial charge in [-0.15, -0.1) is 10.2 Å². The van der Waals surface area contributed by atoms with E-state index >= 15 is 0 Å². The molecule has 0 unspecified atom stereocenters. The lowest BCUT2D eigenvalue weighted by atomic mass is 10.2. The van der Waals surface area contributed by atoms with Crippen molar-refractivity contribution in [3.8, 4) is 29.0 Å². The van der Waals surface area contributed by atoms with E-state index in [9.17, 15) is 0 Å². The van der Waals surface area contributed by atoms with Crippen LogP contribution in [0.4, 0.5) is 5.82 Å². The molecule has 5 aromatic rings. The number of nitriles is 1. The summed E-state index contributed by atoms with van der Waals surface area (Å²) in [5.74, 6) is 2.77. The molecule has 1 saturated heterocycles. The van der Waals surface area contributed by atoms with Crippen LogP contribution in [0.15, 0.2) is 59.3 Å². The van der Waals surface area contributed by atoms with Gasteiger partial charge < -0.3 is 23.2 Å². The minimum Gasteiger partial charge on any atom is -0.496 e. The number of hydrogen-bond donors (Lipinski definition) is 0. The Balaban J connectivity index is 1.29. The molecule has 5 heterocycles. The fourth-order valence-corrected chi connectivity index (χ4v) is 4.70. The Morgan fingerprint density at radius 1 is 1.14 bits per heavy atom. The third-order valence-electron chi connectivity index (χ3n) is 6.53. The molecular formula is C27H24N6O3. The molecule has 1 fully saturated rings. The molecule has 180 valence electrons. The summed E-state index contributed by atoms with van der Waals surface area (Å²) in [6.45, 7) is 3.39. The van der Waals surface area contributed by atoms with Gasteiger partial charge in [0.1, 0.15) is 41.1 Å². The van der Waals surface area contributed by atoms with E-state index in [1.807, 2.05) is 59.3 Å². The highest BCUT2D eigenvalue weighted by atomic mass is 16.5. The molecule has 1 aromatic carbocycles. The number of benzene rings is 1. The van der Waals surface area contributed by atoms with Crippen LogP contribution in [-0.2, 0) is 0 Å². The predicted molar refractivity (Wildman–Crippen MR) is 134 cm³/mol. The summed E-state index contributed by atoms with van der Waals surface area (Å²) in [7, 11) is 1.63. The van der Waals surface area contributed by atoms with Crippen molar-refractivity contribution in [2.24, 2.45) is 0 Å². The van der Waals surface area contributed by atoms with E-state index in [-0.39, 0.29) is 6.04 Å². The first-order chi connectivity index (χ1) is 17.6. The minimum atomic E-state index is 0.140. The van der Waals surface area contributed by atoms with Crippen LogP contribution in [0.2, 0.25) is 0 Å². The zero-order valence-electron chi connectivity index (χ0n) is 20.0. The molecule has 0 bridgehead atoms. The molecule has 0 radical (unpaired) electrons. The molecule has 0 aliphatic carbocycles. The van der Waals surface area contributed by atoms with Crippen LogP contribution in [0.25, 0.3) is 28.1 Å². The molecule has 1 aliphatic rings. The smallest absolute Gasteiger partial charge is 0.163 e. The van der Waals surface area contributed by atoms with Crippen LogP contribution >= 0.6 is 0 Å². The fraction of sp³-hybridized carbons (Fsp3) is 0.259. The molecule has 0 spiro atoms. The Labute approximate surface area is 207 Å². The van der Waals surface area contributed by atoms with E-state index in [0.29, 0.717) is 35.1 Å². The second-order valence-electron chi connectivity index (χ2n) is 8.94. The van der Waals surface area contributed by atoms with Crippen molar-refractivity contribution in [2.75, 3.05) is 25.2 Å². The van der Waals surface area contributed by atoms with Crippen molar-refractivity contribution in [3.63, 3.8) is 0 Å². The number of rotatable bonds is 6. The van der Waals surface area contributed by atoms with Gasteiger partial charge in [0, 0.05) is 31.1 Å². The molecule has 36 heavy (non-hydrogen) atoms. The maximum Gasteiger partial charge on any atom is 0.163 e. The van der Waals surface area contributed by atoms with Gasteiger partial charge in [0.05, 0.1) is 18.5 Å². The van der Waals surface area contributed by atoms with Crippen LogP contribution in [0.1, 0.15) is 24.1 Å². The lowest BCUT2D eigenvalue weighted by molar-refractivity contribution is 0.289. The van der Waals surface area contributed by atoms with Gasteiger partial charge in [-0.3, -0.25) is 0 Å². The zero-order chi connectivity index (χ0) is 24.6. The topological polar surface area (TPSA) is 102 Å². The molecule has 0 N–H and O–H groups in total. The number of furan rings is 1. The lowest BCUT2D eigenvalue weighted by Crippen LogP contribution is -2.35. The second kappa shape index (κ2) is 8.89. The summed E-state index contributed by atoms with van der Waals surface area (Å²) in [6, 6.07) is 15.4. The summed E-state index contributed by atoms with van der Waals surface area (Å²) in [5.41, 5.74) is 3.75. The Morgan fingerprint density at radius 2 is 2.06 bits per heavy atom. The quantitative estimate of drug-likeness (QED) is 0.342. The summed E-state index contributed by atoms with van der Waals surface area (Å²) in [4.78, 5) is 6.90. The van der Waals surface area contributed by atoms with Crippen LogP contribution in [0, 0.1) is 18.3 Å². The standard InChI is InChI=1S/C27H24N6O3/c1-17-5-7-26-29-22(15-32(26)14-17)25-12-21-23(10-20(34-2)11-24(21)36-25)35-16-19-4-3-9-33(19)27-8-6-18(13-28)30-31-27/h5-8,10-12,14-15,19H,3-4,9,16H2,1-2H3/t19-/m0/s1. The second-order valence-corrected chi connectivity index (χ2v) is 8.94. The molecule has 9 nitrogen and oxygen atoms in total. The van der Waals surface area contributed by atoms with Crippen LogP contribution in [-0.4, -0.2) is 45.9 Å². The van der Waals surface area contributed by atoms with Crippen molar-refractivity contribution in [1.29, 1.82) is 5.26 Å². The van der Waals surface area contributed by atoms with Crippen molar-refractivity contribution in [2.45, 2.75) is 25.8 Å². The van der Waals surface area contributed by atoms with Crippen molar-refractivity contribution >= 4 is 22.4 Å². The largest absolute Gasteiger partial charge is 0.496 e. The number of aromatic nitrogens is 4. The first kappa shape index (κ1) is 21.9. The summed E-state index contributed by atoms with van der Waals surface area (Å²) in [5, 5.41) is 18.1. The molecule has 1 atom stereocenters.